The van der Waals surface area contributed by atoms with E-state index in [1.165, 1.54) is 0 Å². The van der Waals surface area contributed by atoms with Crippen LogP contribution >= 0.6 is 30.3 Å². The third kappa shape index (κ3) is 4.55. The summed E-state index contributed by atoms with van der Waals surface area (Å²) >= 11 is 2.23. The molecule has 0 fully saturated rings. The maximum absolute atomic E-state index is 4.68. The molecule has 6 nitrogen and oxygen atoms in total. The molecule has 8 heteroatoms. The molecule has 0 aliphatic heterocycles. The van der Waals surface area contributed by atoms with Crippen LogP contribution in [0.4, 0.5) is 5.95 Å². The van der Waals surface area contributed by atoms with Crippen LogP contribution in [-0.4, -0.2) is 24.1 Å². The molecule has 0 bridgehead atoms. The smallest absolute Gasteiger partial charge is 0.229 e. The number of fused-ring (bicyclic) bond motifs is 1. The summed E-state index contributed by atoms with van der Waals surface area (Å²) < 4.78 is 2.00. The molecule has 0 aromatic carbocycles. The molecular formula is C18H21IN6S. The minimum atomic E-state index is 0.523. The van der Waals surface area contributed by atoms with Gasteiger partial charge in [0, 0.05) is 59.4 Å². The molecule has 0 saturated heterocycles. The highest BCUT2D eigenvalue weighted by Crippen LogP contribution is 2.31. The van der Waals surface area contributed by atoms with Crippen molar-refractivity contribution in [2.45, 2.75) is 20.8 Å². The van der Waals surface area contributed by atoms with Crippen molar-refractivity contribution in [3.8, 4) is 11.3 Å². The standard InChI is InChI=1S/C16H15IN6S.C2H6/c1-3-5-12(6-4-2)20-16-21-14(11-9-18-19-10-11)13-7-8-23(24-17)15(13)22-16;1-2/h3-10H,1H2,2H3,(H,18,19)(H,20,21,22);1-2H3/b6-4-,12-5+;. The van der Waals surface area contributed by atoms with E-state index in [9.17, 15) is 0 Å². The molecule has 3 aromatic heterocycles. The van der Waals surface area contributed by atoms with Crippen molar-refractivity contribution < 1.29 is 0 Å². The van der Waals surface area contributed by atoms with Crippen LogP contribution in [-0.2, 0) is 0 Å². The van der Waals surface area contributed by atoms with E-state index >= 15 is 0 Å². The Morgan fingerprint density at radius 1 is 1.38 bits per heavy atom. The van der Waals surface area contributed by atoms with E-state index in [0.29, 0.717) is 5.95 Å². The second kappa shape index (κ2) is 10.2. The quantitative estimate of drug-likeness (QED) is 0.347. The Balaban J connectivity index is 0.00000117. The Kier molecular flexibility index (Phi) is 7.92. The van der Waals surface area contributed by atoms with Crippen LogP contribution in [0.3, 0.4) is 0 Å². The second-order valence-electron chi connectivity index (χ2n) is 4.81. The van der Waals surface area contributed by atoms with E-state index in [1.807, 2.05) is 61.4 Å². The van der Waals surface area contributed by atoms with Crippen molar-refractivity contribution >= 4 is 47.3 Å². The van der Waals surface area contributed by atoms with Crippen LogP contribution in [0.15, 0.2) is 61.2 Å². The van der Waals surface area contributed by atoms with Gasteiger partial charge in [0.05, 0.1) is 11.9 Å². The summed E-state index contributed by atoms with van der Waals surface area (Å²) in [5, 5.41) is 11.1. The molecule has 136 valence electrons. The Bertz CT molecular complexity index is 911. The molecule has 3 heterocycles. The lowest BCUT2D eigenvalue weighted by Gasteiger charge is -2.09. The zero-order chi connectivity index (χ0) is 18.9. The number of aromatic amines is 1. The molecule has 0 radical (unpaired) electrons. The summed E-state index contributed by atoms with van der Waals surface area (Å²) in [5.41, 5.74) is 3.47. The summed E-state index contributed by atoms with van der Waals surface area (Å²) in [6, 6.07) is 2.01. The van der Waals surface area contributed by atoms with Gasteiger partial charge < -0.3 is 5.32 Å². The van der Waals surface area contributed by atoms with Gasteiger partial charge in [0.15, 0.2) is 5.65 Å². The van der Waals surface area contributed by atoms with Crippen LogP contribution in [0.2, 0.25) is 0 Å². The van der Waals surface area contributed by atoms with Crippen LogP contribution in [0.5, 0.6) is 0 Å². The molecule has 0 spiro atoms. The molecule has 3 rings (SSSR count). The Morgan fingerprint density at radius 2 is 2.19 bits per heavy atom. The number of nitrogens with one attached hydrogen (secondary N) is 2. The van der Waals surface area contributed by atoms with Crippen molar-refractivity contribution in [3.05, 3.63) is 61.2 Å². The predicted molar refractivity (Wildman–Crippen MR) is 120 cm³/mol. The van der Waals surface area contributed by atoms with E-state index in [0.717, 1.165) is 28.0 Å². The number of halogens is 1. The Hall–Kier alpha value is -2.07. The minimum absolute atomic E-state index is 0.523. The molecule has 0 saturated carbocycles. The number of anilines is 1. The normalized spacial score (nSPS) is 11.5. The van der Waals surface area contributed by atoms with Gasteiger partial charge >= 0.3 is 0 Å². The molecule has 3 aromatic rings. The van der Waals surface area contributed by atoms with Gasteiger partial charge in [-0.25, -0.2) is 4.98 Å². The van der Waals surface area contributed by atoms with Gasteiger partial charge in [0.1, 0.15) is 0 Å². The topological polar surface area (TPSA) is 71.4 Å². The SMILES string of the molecule is C=C/C=C(\C=C/C)Nc1nc(-c2cn[nH]c2)c2ccn(SI)c2n1.CC. The molecule has 2 N–H and O–H groups in total. The first-order valence-corrected chi connectivity index (χ1v) is 11.5. The minimum Gasteiger partial charge on any atom is -0.324 e. The third-order valence-electron chi connectivity index (χ3n) is 3.26. The summed E-state index contributed by atoms with van der Waals surface area (Å²) in [4.78, 5) is 9.34. The van der Waals surface area contributed by atoms with Gasteiger partial charge in [-0.3, -0.25) is 9.07 Å². The van der Waals surface area contributed by atoms with Gasteiger partial charge in [0.2, 0.25) is 5.95 Å². The van der Waals surface area contributed by atoms with Crippen LogP contribution in [0.1, 0.15) is 20.8 Å². The second-order valence-corrected chi connectivity index (χ2v) is 6.53. The number of nitrogens with zero attached hydrogens (tertiary/aromatic N) is 4. The Morgan fingerprint density at radius 3 is 2.81 bits per heavy atom. The number of hydrogen-bond donors (Lipinski definition) is 2. The van der Waals surface area contributed by atoms with Crippen molar-refractivity contribution in [1.82, 2.24) is 24.1 Å². The van der Waals surface area contributed by atoms with Crippen molar-refractivity contribution in [2.75, 3.05) is 5.32 Å². The van der Waals surface area contributed by atoms with E-state index < -0.39 is 0 Å². The summed E-state index contributed by atoms with van der Waals surface area (Å²) in [6.45, 7) is 9.70. The number of rotatable bonds is 6. The van der Waals surface area contributed by atoms with Gasteiger partial charge in [-0.05, 0) is 25.1 Å². The lowest BCUT2D eigenvalue weighted by atomic mass is 10.2. The average molecular weight is 480 g/mol. The average Bonchev–Trinajstić information content (AvgIpc) is 3.33. The summed E-state index contributed by atoms with van der Waals surface area (Å²) in [7, 11) is 1.56. The third-order valence-corrected chi connectivity index (χ3v) is 4.97. The van der Waals surface area contributed by atoms with Gasteiger partial charge in [-0.2, -0.15) is 10.1 Å². The number of H-pyrrole nitrogens is 1. The lowest BCUT2D eigenvalue weighted by molar-refractivity contribution is 1.09. The number of hydrogen-bond acceptors (Lipinski definition) is 5. The molecule has 0 aliphatic rings. The zero-order valence-electron chi connectivity index (χ0n) is 14.9. The highest BCUT2D eigenvalue weighted by atomic mass is 127. The fourth-order valence-corrected chi connectivity index (χ4v) is 3.54. The van der Waals surface area contributed by atoms with E-state index in [-0.39, 0.29) is 0 Å². The van der Waals surface area contributed by atoms with E-state index in [4.69, 9.17) is 0 Å². The fourth-order valence-electron chi connectivity index (χ4n) is 2.28. The van der Waals surface area contributed by atoms with E-state index in [2.05, 4.69) is 53.3 Å². The monoisotopic (exact) mass is 480 g/mol. The number of allylic oxidation sites excluding steroid dienone is 4. The largest absolute Gasteiger partial charge is 0.324 e. The predicted octanol–water partition coefficient (Wildman–Crippen LogP) is 5.75. The fraction of sp³-hybridized carbons (Fsp3) is 0.167. The first-order chi connectivity index (χ1) is 12.8. The van der Waals surface area contributed by atoms with Gasteiger partial charge in [0.25, 0.3) is 0 Å². The van der Waals surface area contributed by atoms with Crippen LogP contribution in [0, 0.1) is 0 Å². The first-order valence-electron chi connectivity index (χ1n) is 8.16. The highest BCUT2D eigenvalue weighted by molar-refractivity contribution is 14.2. The summed E-state index contributed by atoms with van der Waals surface area (Å²) in [5.74, 6) is 0.523. The molecule has 26 heavy (non-hydrogen) atoms. The first kappa shape index (κ1) is 20.2. The van der Waals surface area contributed by atoms with Crippen LogP contribution < -0.4 is 5.32 Å². The van der Waals surface area contributed by atoms with Crippen molar-refractivity contribution in [2.24, 2.45) is 0 Å². The molecule has 0 amide bonds. The molecule has 0 aliphatic carbocycles. The van der Waals surface area contributed by atoms with Crippen LogP contribution in [0.25, 0.3) is 22.3 Å². The van der Waals surface area contributed by atoms with Gasteiger partial charge in [-0.1, -0.05) is 32.6 Å². The lowest BCUT2D eigenvalue weighted by Crippen LogP contribution is -2.03. The van der Waals surface area contributed by atoms with E-state index in [1.54, 1.807) is 21.4 Å². The number of aromatic nitrogens is 5. The zero-order valence-corrected chi connectivity index (χ0v) is 17.9. The van der Waals surface area contributed by atoms with Gasteiger partial charge in [-0.15, -0.1) is 0 Å². The molecule has 0 unspecified atom stereocenters. The molecule has 0 atom stereocenters. The van der Waals surface area contributed by atoms with Crippen molar-refractivity contribution in [1.29, 1.82) is 0 Å². The maximum Gasteiger partial charge on any atom is 0.229 e. The van der Waals surface area contributed by atoms with Crippen molar-refractivity contribution in [3.63, 3.8) is 0 Å². The maximum atomic E-state index is 4.68. The summed E-state index contributed by atoms with van der Waals surface area (Å²) in [6.07, 6.45) is 13.0. The molecular weight excluding hydrogens is 459 g/mol. The Labute approximate surface area is 169 Å². The highest BCUT2D eigenvalue weighted by Gasteiger charge is 2.14.